The van der Waals surface area contributed by atoms with Crippen LogP contribution in [0.15, 0.2) is 12.3 Å². The smallest absolute Gasteiger partial charge is 0.340 e. The van der Waals surface area contributed by atoms with Crippen LogP contribution in [-0.4, -0.2) is 23.6 Å². The fourth-order valence-corrected chi connectivity index (χ4v) is 1.87. The van der Waals surface area contributed by atoms with Crippen LogP contribution in [0.1, 0.15) is 50.4 Å². The highest BCUT2D eigenvalue weighted by atomic mass is 16.5. The van der Waals surface area contributed by atoms with Crippen molar-refractivity contribution in [2.24, 2.45) is 0 Å². The number of anilines is 2. The number of nitrogens with two attached hydrogens (primary N) is 1. The Morgan fingerprint density at radius 2 is 2.21 bits per heavy atom. The van der Waals surface area contributed by atoms with E-state index < -0.39 is 5.97 Å². The molecule has 0 saturated carbocycles. The van der Waals surface area contributed by atoms with Gasteiger partial charge in [0, 0.05) is 6.04 Å². The Kier molecular flexibility index (Phi) is 6.12. The summed E-state index contributed by atoms with van der Waals surface area (Å²) in [5.41, 5.74) is 6.46. The van der Waals surface area contributed by atoms with Crippen molar-refractivity contribution in [2.45, 2.75) is 46.1 Å². The number of nitrogens with one attached hydrogen (secondary N) is 1. The van der Waals surface area contributed by atoms with E-state index in [-0.39, 0.29) is 0 Å². The van der Waals surface area contributed by atoms with E-state index in [1.807, 2.05) is 0 Å². The fraction of sp³-hybridized carbons (Fsp3) is 0.571. The van der Waals surface area contributed by atoms with Crippen LogP contribution < -0.4 is 11.1 Å². The largest absolute Gasteiger partial charge is 0.462 e. The van der Waals surface area contributed by atoms with E-state index in [2.05, 4.69) is 24.1 Å². The second-order valence-electron chi connectivity index (χ2n) is 4.42. The second kappa shape index (κ2) is 7.61. The molecule has 0 saturated heterocycles. The summed E-state index contributed by atoms with van der Waals surface area (Å²) in [6, 6.07) is 2.02. The summed E-state index contributed by atoms with van der Waals surface area (Å²) in [7, 11) is 0. The summed E-state index contributed by atoms with van der Waals surface area (Å²) >= 11 is 0. The summed E-state index contributed by atoms with van der Waals surface area (Å²) in [6.45, 7) is 6.36. The number of pyridine rings is 1. The second-order valence-corrected chi connectivity index (χ2v) is 4.42. The molecule has 0 aromatic carbocycles. The number of hydrogen-bond acceptors (Lipinski definition) is 5. The number of carbonyl (C=O) groups is 1. The SMILES string of the molecule is CCCC(CC)Nc1cc(C(=O)OCC)c(N)cn1. The average molecular weight is 265 g/mol. The van der Waals surface area contributed by atoms with Gasteiger partial charge in [0.25, 0.3) is 0 Å². The Bertz CT molecular complexity index is 421. The zero-order valence-electron chi connectivity index (χ0n) is 11.9. The molecule has 0 spiro atoms. The van der Waals surface area contributed by atoms with Crippen LogP contribution in [0.3, 0.4) is 0 Å². The van der Waals surface area contributed by atoms with E-state index in [9.17, 15) is 4.79 Å². The van der Waals surface area contributed by atoms with Crippen LogP contribution in [-0.2, 0) is 4.74 Å². The molecule has 1 aromatic heterocycles. The van der Waals surface area contributed by atoms with Gasteiger partial charge in [0.2, 0.25) is 0 Å². The van der Waals surface area contributed by atoms with Gasteiger partial charge >= 0.3 is 5.97 Å². The van der Waals surface area contributed by atoms with Gasteiger partial charge in [-0.05, 0) is 25.8 Å². The van der Waals surface area contributed by atoms with Gasteiger partial charge in [-0.15, -0.1) is 0 Å². The highest BCUT2D eigenvalue weighted by Crippen LogP contribution is 2.18. The summed E-state index contributed by atoms with van der Waals surface area (Å²) in [4.78, 5) is 15.9. The van der Waals surface area contributed by atoms with E-state index in [4.69, 9.17) is 10.5 Å². The van der Waals surface area contributed by atoms with Crippen molar-refractivity contribution in [3.8, 4) is 0 Å². The molecule has 0 radical (unpaired) electrons. The van der Waals surface area contributed by atoms with Gasteiger partial charge in [0.1, 0.15) is 5.82 Å². The molecule has 0 aliphatic carbocycles. The molecule has 1 aromatic rings. The highest BCUT2D eigenvalue weighted by Gasteiger charge is 2.13. The van der Waals surface area contributed by atoms with Gasteiger partial charge in [-0.2, -0.15) is 0 Å². The normalized spacial score (nSPS) is 11.9. The van der Waals surface area contributed by atoms with Crippen LogP contribution >= 0.6 is 0 Å². The molecule has 19 heavy (non-hydrogen) atoms. The average Bonchev–Trinajstić information content (AvgIpc) is 2.40. The standard InChI is InChI=1S/C14H23N3O2/c1-4-7-10(5-2)17-13-8-11(12(15)9-16-13)14(18)19-6-3/h8-10H,4-7,15H2,1-3H3,(H,16,17). The lowest BCUT2D eigenvalue weighted by Crippen LogP contribution is -2.19. The molecule has 5 heteroatoms. The molecule has 1 rings (SSSR count). The third kappa shape index (κ3) is 4.43. The van der Waals surface area contributed by atoms with Crippen molar-refractivity contribution in [3.05, 3.63) is 17.8 Å². The third-order valence-electron chi connectivity index (χ3n) is 2.91. The number of carbonyl (C=O) groups excluding carboxylic acids is 1. The number of esters is 1. The Labute approximate surface area is 114 Å². The zero-order chi connectivity index (χ0) is 14.3. The van der Waals surface area contributed by atoms with Crippen molar-refractivity contribution < 1.29 is 9.53 Å². The van der Waals surface area contributed by atoms with Crippen LogP contribution in [0, 0.1) is 0 Å². The molecule has 0 aliphatic rings. The minimum absolute atomic E-state index is 0.330. The first-order valence-corrected chi connectivity index (χ1v) is 6.81. The van der Waals surface area contributed by atoms with Crippen LogP contribution in [0.4, 0.5) is 11.5 Å². The molecule has 0 aliphatic heterocycles. The van der Waals surface area contributed by atoms with E-state index >= 15 is 0 Å². The highest BCUT2D eigenvalue weighted by molar-refractivity contribution is 5.95. The predicted octanol–water partition coefficient (Wildman–Crippen LogP) is 2.83. The number of nitrogen functional groups attached to an aromatic ring is 1. The van der Waals surface area contributed by atoms with Crippen molar-refractivity contribution in [2.75, 3.05) is 17.7 Å². The first-order chi connectivity index (χ1) is 9.12. The molecule has 106 valence electrons. The van der Waals surface area contributed by atoms with E-state index in [0.29, 0.717) is 29.7 Å². The molecule has 0 fully saturated rings. The molecular weight excluding hydrogens is 242 g/mol. The maximum absolute atomic E-state index is 11.7. The Morgan fingerprint density at radius 1 is 1.47 bits per heavy atom. The van der Waals surface area contributed by atoms with E-state index in [1.54, 1.807) is 13.0 Å². The lowest BCUT2D eigenvalue weighted by molar-refractivity contribution is 0.0527. The van der Waals surface area contributed by atoms with Crippen LogP contribution in [0.25, 0.3) is 0 Å². The minimum atomic E-state index is -0.408. The first-order valence-electron chi connectivity index (χ1n) is 6.81. The van der Waals surface area contributed by atoms with E-state index in [1.165, 1.54) is 6.20 Å². The van der Waals surface area contributed by atoms with Gasteiger partial charge in [-0.3, -0.25) is 0 Å². The zero-order valence-corrected chi connectivity index (χ0v) is 11.9. The molecule has 3 N–H and O–H groups in total. The van der Waals surface area contributed by atoms with E-state index in [0.717, 1.165) is 19.3 Å². The molecule has 0 bridgehead atoms. The molecule has 0 amide bonds. The summed E-state index contributed by atoms with van der Waals surface area (Å²) in [6.07, 6.45) is 4.67. The molecule has 1 heterocycles. The predicted molar refractivity (Wildman–Crippen MR) is 77.2 cm³/mol. The summed E-state index contributed by atoms with van der Waals surface area (Å²) in [5.74, 6) is 0.256. The van der Waals surface area contributed by atoms with Gasteiger partial charge in [0.15, 0.2) is 0 Å². The van der Waals surface area contributed by atoms with Crippen molar-refractivity contribution in [1.29, 1.82) is 0 Å². The number of hydrogen-bond donors (Lipinski definition) is 2. The van der Waals surface area contributed by atoms with Crippen LogP contribution in [0.2, 0.25) is 0 Å². The molecular formula is C14H23N3O2. The molecule has 5 nitrogen and oxygen atoms in total. The number of aromatic nitrogens is 1. The number of nitrogens with zero attached hydrogens (tertiary/aromatic N) is 1. The third-order valence-corrected chi connectivity index (χ3v) is 2.91. The van der Waals surface area contributed by atoms with Crippen molar-refractivity contribution in [3.63, 3.8) is 0 Å². The Hall–Kier alpha value is -1.78. The monoisotopic (exact) mass is 265 g/mol. The Balaban J connectivity index is 2.86. The van der Waals surface area contributed by atoms with Crippen LogP contribution in [0.5, 0.6) is 0 Å². The van der Waals surface area contributed by atoms with Crippen molar-refractivity contribution >= 4 is 17.5 Å². The topological polar surface area (TPSA) is 77.2 Å². The maximum atomic E-state index is 11.7. The van der Waals surface area contributed by atoms with Gasteiger partial charge in [0.05, 0.1) is 24.1 Å². The number of rotatable bonds is 7. The summed E-state index contributed by atoms with van der Waals surface area (Å²) in [5, 5.41) is 3.32. The van der Waals surface area contributed by atoms with Crippen molar-refractivity contribution in [1.82, 2.24) is 4.98 Å². The first kappa shape index (κ1) is 15.3. The lowest BCUT2D eigenvalue weighted by Gasteiger charge is -2.17. The summed E-state index contributed by atoms with van der Waals surface area (Å²) < 4.78 is 4.97. The lowest BCUT2D eigenvalue weighted by atomic mass is 10.1. The molecule has 1 unspecified atom stereocenters. The fourth-order valence-electron chi connectivity index (χ4n) is 1.87. The maximum Gasteiger partial charge on any atom is 0.340 e. The van der Waals surface area contributed by atoms with Gasteiger partial charge in [-0.1, -0.05) is 20.3 Å². The quantitative estimate of drug-likeness (QED) is 0.741. The van der Waals surface area contributed by atoms with Gasteiger partial charge < -0.3 is 15.8 Å². The Morgan fingerprint density at radius 3 is 2.79 bits per heavy atom. The minimum Gasteiger partial charge on any atom is -0.462 e. The van der Waals surface area contributed by atoms with Gasteiger partial charge in [-0.25, -0.2) is 9.78 Å². The number of ether oxygens (including phenoxy) is 1. The molecule has 1 atom stereocenters.